The molecule has 0 saturated heterocycles. The van der Waals surface area contributed by atoms with E-state index in [1.165, 1.54) is 24.0 Å². The maximum absolute atomic E-state index is 14.1. The van der Waals surface area contributed by atoms with Crippen LogP contribution in [0.25, 0.3) is 0 Å². The number of likely N-dealkylation sites (N-methyl/N-ethyl adjacent to an activating group) is 2. The SMILES string of the molecule is C/C(=C\[C@H](C(C)C)N(C)C(=O)[C@@H](NC(=O)C(N(C)C)C(C)(C)c1ccccc1)C(C)(C)C)C(=O)NS(=O)(=O)c1ccc(C)cc1. The number of hydrogen-bond acceptors (Lipinski definition) is 6. The monoisotopic (exact) mass is 640 g/mol. The zero-order valence-electron chi connectivity index (χ0n) is 28.9. The van der Waals surface area contributed by atoms with Gasteiger partial charge in [-0.25, -0.2) is 13.1 Å². The van der Waals surface area contributed by atoms with Gasteiger partial charge in [-0.2, -0.15) is 0 Å². The highest BCUT2D eigenvalue weighted by Gasteiger charge is 2.43. The van der Waals surface area contributed by atoms with Gasteiger partial charge in [-0.05, 0) is 57.0 Å². The van der Waals surface area contributed by atoms with E-state index in [9.17, 15) is 22.8 Å². The predicted molar refractivity (Wildman–Crippen MR) is 180 cm³/mol. The minimum atomic E-state index is -4.08. The zero-order valence-corrected chi connectivity index (χ0v) is 29.7. The number of nitrogens with zero attached hydrogens (tertiary/aromatic N) is 2. The Morgan fingerprint density at radius 1 is 0.867 bits per heavy atom. The molecule has 0 saturated carbocycles. The summed E-state index contributed by atoms with van der Waals surface area (Å²) in [7, 11) is 1.26. The van der Waals surface area contributed by atoms with Crippen molar-refractivity contribution in [2.75, 3.05) is 21.1 Å². The minimum Gasteiger partial charge on any atom is -0.342 e. The fourth-order valence-corrected chi connectivity index (χ4v) is 6.53. The quantitative estimate of drug-likeness (QED) is 0.326. The van der Waals surface area contributed by atoms with Crippen LogP contribution in [0.15, 0.2) is 71.1 Å². The number of sulfonamides is 1. The number of carbonyl (C=O) groups excluding carboxylic acids is 3. The molecule has 45 heavy (non-hydrogen) atoms. The second-order valence-electron chi connectivity index (χ2n) is 14.0. The van der Waals surface area contributed by atoms with Gasteiger partial charge in [0.1, 0.15) is 6.04 Å². The molecule has 248 valence electrons. The Morgan fingerprint density at radius 3 is 1.87 bits per heavy atom. The topological polar surface area (TPSA) is 116 Å². The van der Waals surface area contributed by atoms with Crippen molar-refractivity contribution >= 4 is 27.7 Å². The van der Waals surface area contributed by atoms with Gasteiger partial charge < -0.3 is 10.2 Å². The van der Waals surface area contributed by atoms with E-state index in [2.05, 4.69) is 10.0 Å². The van der Waals surface area contributed by atoms with E-state index in [0.717, 1.165) is 11.1 Å². The van der Waals surface area contributed by atoms with E-state index in [1.54, 1.807) is 25.3 Å². The largest absolute Gasteiger partial charge is 0.342 e. The van der Waals surface area contributed by atoms with Crippen LogP contribution < -0.4 is 10.0 Å². The number of amides is 3. The molecule has 0 heterocycles. The average molecular weight is 641 g/mol. The molecular formula is C35H52N4O5S. The maximum Gasteiger partial charge on any atom is 0.264 e. The lowest BCUT2D eigenvalue weighted by Gasteiger charge is -2.41. The molecule has 9 nitrogen and oxygen atoms in total. The fourth-order valence-electron chi connectivity index (χ4n) is 5.52. The second kappa shape index (κ2) is 14.7. The van der Waals surface area contributed by atoms with Crippen molar-refractivity contribution in [1.82, 2.24) is 19.8 Å². The Morgan fingerprint density at radius 2 is 1.40 bits per heavy atom. The van der Waals surface area contributed by atoms with Crippen molar-refractivity contribution in [3.8, 4) is 0 Å². The van der Waals surface area contributed by atoms with E-state index < -0.39 is 44.9 Å². The molecule has 2 N–H and O–H groups in total. The first-order valence-corrected chi connectivity index (χ1v) is 16.7. The Labute approximate surface area is 270 Å². The highest BCUT2D eigenvalue weighted by atomic mass is 32.2. The summed E-state index contributed by atoms with van der Waals surface area (Å²) in [4.78, 5) is 44.5. The van der Waals surface area contributed by atoms with Crippen LogP contribution in [0.5, 0.6) is 0 Å². The van der Waals surface area contributed by atoms with Gasteiger partial charge in [0.2, 0.25) is 11.8 Å². The Kier molecular flexibility index (Phi) is 12.3. The van der Waals surface area contributed by atoms with E-state index in [-0.39, 0.29) is 28.2 Å². The normalized spacial score (nSPS) is 14.9. The highest BCUT2D eigenvalue weighted by molar-refractivity contribution is 7.90. The molecule has 2 aromatic carbocycles. The Hall–Kier alpha value is -3.50. The van der Waals surface area contributed by atoms with Gasteiger partial charge in [-0.1, -0.05) is 103 Å². The number of benzene rings is 2. The van der Waals surface area contributed by atoms with Crippen LogP contribution in [0.1, 0.15) is 66.5 Å². The summed E-state index contributed by atoms with van der Waals surface area (Å²) in [5.41, 5.74) is 0.828. The number of rotatable bonds is 12. The van der Waals surface area contributed by atoms with Crippen molar-refractivity contribution in [2.45, 2.75) is 90.7 Å². The van der Waals surface area contributed by atoms with Crippen molar-refractivity contribution in [2.24, 2.45) is 11.3 Å². The molecule has 10 heteroatoms. The third-order valence-electron chi connectivity index (χ3n) is 8.18. The molecule has 0 aromatic heterocycles. The van der Waals surface area contributed by atoms with Crippen LogP contribution in [-0.4, -0.2) is 75.2 Å². The molecule has 2 aromatic rings. The van der Waals surface area contributed by atoms with Crippen LogP contribution in [0.3, 0.4) is 0 Å². The average Bonchev–Trinajstić information content (AvgIpc) is 2.93. The molecule has 1 unspecified atom stereocenters. The fraction of sp³-hybridized carbons (Fsp3) is 0.514. The molecule has 0 aliphatic heterocycles. The summed E-state index contributed by atoms with van der Waals surface area (Å²) in [6, 6.07) is 14.0. The summed E-state index contributed by atoms with van der Waals surface area (Å²) in [6.07, 6.45) is 1.60. The molecule has 0 radical (unpaired) electrons. The second-order valence-corrected chi connectivity index (χ2v) is 15.7. The van der Waals surface area contributed by atoms with E-state index >= 15 is 0 Å². The van der Waals surface area contributed by atoms with Crippen LogP contribution in [0, 0.1) is 18.3 Å². The number of aryl methyl sites for hydroxylation is 1. The zero-order chi connectivity index (χ0) is 34.5. The van der Waals surface area contributed by atoms with Gasteiger partial charge in [0.15, 0.2) is 0 Å². The molecular weight excluding hydrogens is 588 g/mol. The first-order valence-electron chi connectivity index (χ1n) is 15.2. The standard InChI is InChI=1S/C35H52N4O5S/c1-23(2)28(22-25(4)31(40)37-45(43,44)27-20-18-24(3)19-21-27)39(12)33(42)29(34(5,6)7)36-32(41)30(38(10)11)35(8,9)26-16-14-13-15-17-26/h13-23,28-30H,1-12H3,(H,36,41)(H,37,40)/b25-22+/t28-,29-,30?/m1/s1. The minimum absolute atomic E-state index is 0.0165. The maximum atomic E-state index is 14.1. The van der Waals surface area contributed by atoms with Crippen LogP contribution in [0.4, 0.5) is 0 Å². The molecule has 3 atom stereocenters. The molecule has 0 aliphatic rings. The Bertz CT molecular complexity index is 1470. The van der Waals surface area contributed by atoms with Crippen molar-refractivity contribution in [3.05, 3.63) is 77.4 Å². The van der Waals surface area contributed by atoms with E-state index in [0.29, 0.717) is 0 Å². The number of nitrogens with one attached hydrogen (secondary N) is 2. The predicted octanol–water partition coefficient (Wildman–Crippen LogP) is 4.67. The summed E-state index contributed by atoms with van der Waals surface area (Å²) in [5, 5.41) is 3.07. The van der Waals surface area contributed by atoms with Gasteiger partial charge in [0.25, 0.3) is 15.9 Å². The smallest absolute Gasteiger partial charge is 0.264 e. The summed E-state index contributed by atoms with van der Waals surface area (Å²) in [5.74, 6) is -1.50. The first-order chi connectivity index (χ1) is 20.6. The van der Waals surface area contributed by atoms with E-state index in [4.69, 9.17) is 0 Å². The van der Waals surface area contributed by atoms with Crippen molar-refractivity contribution in [3.63, 3.8) is 0 Å². The van der Waals surface area contributed by atoms with Gasteiger partial charge in [-0.3, -0.25) is 19.3 Å². The summed E-state index contributed by atoms with van der Waals surface area (Å²) in [6.45, 7) is 16.9. The molecule has 0 fully saturated rings. The van der Waals surface area contributed by atoms with Crippen LogP contribution in [-0.2, 0) is 29.8 Å². The Balaban J connectivity index is 2.36. The van der Waals surface area contributed by atoms with Crippen molar-refractivity contribution in [1.29, 1.82) is 0 Å². The van der Waals surface area contributed by atoms with Crippen LogP contribution in [0.2, 0.25) is 0 Å². The van der Waals surface area contributed by atoms with E-state index in [1.807, 2.05) is 105 Å². The lowest BCUT2D eigenvalue weighted by Crippen LogP contribution is -2.61. The summed E-state index contributed by atoms with van der Waals surface area (Å²) < 4.78 is 27.8. The van der Waals surface area contributed by atoms with Gasteiger partial charge in [-0.15, -0.1) is 0 Å². The number of carbonyl (C=O) groups is 3. The van der Waals surface area contributed by atoms with Gasteiger partial charge in [0, 0.05) is 18.0 Å². The first kappa shape index (κ1) is 37.7. The highest BCUT2D eigenvalue weighted by Crippen LogP contribution is 2.31. The lowest BCUT2D eigenvalue weighted by atomic mass is 9.76. The molecule has 0 spiro atoms. The van der Waals surface area contributed by atoms with Crippen LogP contribution >= 0.6 is 0 Å². The molecule has 0 bridgehead atoms. The molecule has 2 rings (SSSR count). The third kappa shape index (κ3) is 9.50. The lowest BCUT2D eigenvalue weighted by molar-refractivity contribution is -0.141. The summed E-state index contributed by atoms with van der Waals surface area (Å²) >= 11 is 0. The number of hydrogen-bond donors (Lipinski definition) is 2. The van der Waals surface area contributed by atoms with Gasteiger partial charge >= 0.3 is 0 Å². The van der Waals surface area contributed by atoms with Crippen molar-refractivity contribution < 1.29 is 22.8 Å². The van der Waals surface area contributed by atoms with Gasteiger partial charge in [0.05, 0.1) is 17.0 Å². The molecule has 3 amide bonds. The third-order valence-corrected chi connectivity index (χ3v) is 9.53. The molecule has 0 aliphatic carbocycles.